The van der Waals surface area contributed by atoms with Gasteiger partial charge in [-0.2, -0.15) is 21.6 Å². The van der Waals surface area contributed by atoms with E-state index in [9.17, 15) is 26.4 Å². The number of fused-ring (bicyclic) bond motifs is 1. The molecule has 1 heterocycles. The molecule has 0 spiro atoms. The molecule has 0 aromatic heterocycles. The van der Waals surface area contributed by atoms with Gasteiger partial charge in [0, 0.05) is 19.2 Å². The fourth-order valence-electron chi connectivity index (χ4n) is 2.82. The van der Waals surface area contributed by atoms with Gasteiger partial charge in [-0.1, -0.05) is 24.3 Å². The van der Waals surface area contributed by atoms with Crippen LogP contribution in [0.2, 0.25) is 0 Å². The van der Waals surface area contributed by atoms with E-state index in [-0.39, 0.29) is 29.6 Å². The predicted octanol–water partition coefficient (Wildman–Crippen LogP) is 2.32. The predicted molar refractivity (Wildman–Crippen MR) is 103 cm³/mol. The first-order valence-corrected chi connectivity index (χ1v) is 10.2. The van der Waals surface area contributed by atoms with Crippen LogP contribution in [0.15, 0.2) is 57.8 Å². The summed E-state index contributed by atoms with van der Waals surface area (Å²) in [6, 6.07) is 12.3. The molecule has 11 heteroatoms. The summed E-state index contributed by atoms with van der Waals surface area (Å²) in [5.74, 6) is -0.204. The first-order chi connectivity index (χ1) is 14.0. The van der Waals surface area contributed by atoms with Gasteiger partial charge in [0.05, 0.1) is 6.54 Å². The second-order valence-corrected chi connectivity index (χ2v) is 8.14. The van der Waals surface area contributed by atoms with Crippen LogP contribution in [0.5, 0.6) is 5.75 Å². The van der Waals surface area contributed by atoms with Crippen molar-refractivity contribution in [2.75, 3.05) is 20.2 Å². The third kappa shape index (κ3) is 5.29. The summed E-state index contributed by atoms with van der Waals surface area (Å²) in [7, 11) is -2.25. The van der Waals surface area contributed by atoms with Gasteiger partial charge >= 0.3 is 6.18 Å². The number of rotatable bonds is 6. The third-order valence-electron chi connectivity index (χ3n) is 4.15. The number of amidine groups is 1. The summed E-state index contributed by atoms with van der Waals surface area (Å²) in [6.07, 6.45) is -4.44. The van der Waals surface area contributed by atoms with Crippen molar-refractivity contribution < 1.29 is 31.1 Å². The fraction of sp³-hybridized carbons (Fsp3) is 0.263. The van der Waals surface area contributed by atoms with Gasteiger partial charge in [0.1, 0.15) is 10.6 Å². The van der Waals surface area contributed by atoms with Crippen molar-refractivity contribution in [1.29, 1.82) is 0 Å². The Hall–Kier alpha value is -3.08. The second kappa shape index (κ2) is 8.34. The average molecular weight is 441 g/mol. The number of amides is 1. The van der Waals surface area contributed by atoms with Crippen LogP contribution in [0, 0.1) is 0 Å². The van der Waals surface area contributed by atoms with E-state index in [1.165, 1.54) is 29.2 Å². The SMILES string of the molecule is CN(CC(=O)NCc1cccc(OCC(F)(F)F)c1)C1=NS(=O)(=O)c2ccccc21. The quantitative estimate of drug-likeness (QED) is 0.744. The maximum Gasteiger partial charge on any atom is 0.422 e. The zero-order valence-corrected chi connectivity index (χ0v) is 16.6. The lowest BCUT2D eigenvalue weighted by molar-refractivity contribution is -0.153. The highest BCUT2D eigenvalue weighted by atomic mass is 32.2. The van der Waals surface area contributed by atoms with E-state index in [0.29, 0.717) is 11.1 Å². The number of hydrogen-bond donors (Lipinski definition) is 1. The maximum atomic E-state index is 12.3. The molecule has 1 aliphatic rings. The molecule has 3 rings (SSSR count). The molecule has 0 bridgehead atoms. The molecule has 1 N–H and O–H groups in total. The Balaban J connectivity index is 1.58. The smallest absolute Gasteiger partial charge is 0.422 e. The average Bonchev–Trinajstić information content (AvgIpc) is 2.96. The van der Waals surface area contributed by atoms with Gasteiger partial charge in [0.2, 0.25) is 5.91 Å². The topological polar surface area (TPSA) is 88.1 Å². The molecule has 0 saturated carbocycles. The molecule has 1 aliphatic heterocycles. The standard InChI is InChI=1S/C19H18F3N3O4S/c1-25(18-15-7-2-3-8-16(15)30(27,28)24-18)11-17(26)23-10-13-5-4-6-14(9-13)29-12-19(20,21)22/h2-9H,10-12H2,1H3,(H,23,26). The normalized spacial score (nSPS) is 14.6. The lowest BCUT2D eigenvalue weighted by Crippen LogP contribution is -2.38. The van der Waals surface area contributed by atoms with Crippen LogP contribution < -0.4 is 10.1 Å². The van der Waals surface area contributed by atoms with Crippen molar-refractivity contribution in [1.82, 2.24) is 10.2 Å². The number of alkyl halides is 3. The molecule has 0 aliphatic carbocycles. The molecule has 0 atom stereocenters. The molecule has 2 aromatic carbocycles. The van der Waals surface area contributed by atoms with Crippen molar-refractivity contribution in [3.05, 3.63) is 59.7 Å². The van der Waals surface area contributed by atoms with Crippen molar-refractivity contribution in [3.8, 4) is 5.75 Å². The highest BCUT2D eigenvalue weighted by Gasteiger charge is 2.31. The van der Waals surface area contributed by atoms with Crippen molar-refractivity contribution in [2.24, 2.45) is 4.40 Å². The lowest BCUT2D eigenvalue weighted by Gasteiger charge is -2.18. The molecule has 7 nitrogen and oxygen atoms in total. The van der Waals surface area contributed by atoms with Crippen LogP contribution in [-0.2, 0) is 21.4 Å². The molecule has 160 valence electrons. The Bertz CT molecular complexity index is 1080. The zero-order chi connectivity index (χ0) is 21.9. The van der Waals surface area contributed by atoms with Crippen molar-refractivity contribution >= 4 is 21.8 Å². The van der Waals surface area contributed by atoms with E-state index in [1.807, 2.05) is 0 Å². The van der Waals surface area contributed by atoms with Gasteiger partial charge in [-0.25, -0.2) is 0 Å². The number of sulfonamides is 1. The summed E-state index contributed by atoms with van der Waals surface area (Å²) in [6.45, 7) is -1.50. The number of halogens is 3. The number of nitrogens with one attached hydrogen (secondary N) is 1. The maximum absolute atomic E-state index is 12.3. The van der Waals surface area contributed by atoms with E-state index in [0.717, 1.165) is 0 Å². The van der Waals surface area contributed by atoms with E-state index in [4.69, 9.17) is 0 Å². The van der Waals surface area contributed by atoms with Crippen LogP contribution in [-0.4, -0.2) is 51.4 Å². The molecule has 0 unspecified atom stereocenters. The molecule has 30 heavy (non-hydrogen) atoms. The first-order valence-electron chi connectivity index (χ1n) is 8.76. The fourth-order valence-corrected chi connectivity index (χ4v) is 4.07. The van der Waals surface area contributed by atoms with Gasteiger partial charge in [-0.3, -0.25) is 4.79 Å². The number of nitrogens with zero attached hydrogens (tertiary/aromatic N) is 2. The minimum Gasteiger partial charge on any atom is -0.484 e. The Kier molecular flexibility index (Phi) is 6.01. The molecule has 1 amide bonds. The molecule has 0 fully saturated rings. The van der Waals surface area contributed by atoms with Gasteiger partial charge in [0.15, 0.2) is 12.4 Å². The van der Waals surface area contributed by atoms with E-state index >= 15 is 0 Å². The zero-order valence-electron chi connectivity index (χ0n) is 15.8. The number of ether oxygens (including phenoxy) is 1. The van der Waals surface area contributed by atoms with Crippen LogP contribution >= 0.6 is 0 Å². The Labute approximate surface area is 171 Å². The summed E-state index contributed by atoms with van der Waals surface area (Å²) in [5, 5.41) is 2.63. The highest BCUT2D eigenvalue weighted by Crippen LogP contribution is 2.26. The second-order valence-electron chi connectivity index (χ2n) is 6.57. The molecular weight excluding hydrogens is 423 g/mol. The van der Waals surface area contributed by atoms with Crippen LogP contribution in [0.25, 0.3) is 0 Å². The monoisotopic (exact) mass is 441 g/mol. The van der Waals surface area contributed by atoms with Crippen LogP contribution in [0.3, 0.4) is 0 Å². The van der Waals surface area contributed by atoms with E-state index in [1.54, 1.807) is 31.3 Å². The van der Waals surface area contributed by atoms with Gasteiger partial charge in [-0.05, 0) is 29.8 Å². The molecule has 0 radical (unpaired) electrons. The van der Waals surface area contributed by atoms with Crippen molar-refractivity contribution in [2.45, 2.75) is 17.6 Å². The van der Waals surface area contributed by atoms with Crippen molar-refractivity contribution in [3.63, 3.8) is 0 Å². The molecule has 0 saturated heterocycles. The summed E-state index contributed by atoms with van der Waals surface area (Å²) in [5.41, 5.74) is 0.971. The summed E-state index contributed by atoms with van der Waals surface area (Å²) >= 11 is 0. The summed E-state index contributed by atoms with van der Waals surface area (Å²) in [4.78, 5) is 13.8. The number of carbonyl (C=O) groups is 1. The van der Waals surface area contributed by atoms with E-state index in [2.05, 4.69) is 14.5 Å². The van der Waals surface area contributed by atoms with Crippen LogP contribution in [0.4, 0.5) is 13.2 Å². The number of likely N-dealkylation sites (N-methyl/N-ethyl adjacent to an activating group) is 1. The minimum atomic E-state index is -4.44. The third-order valence-corrected chi connectivity index (χ3v) is 5.47. The number of hydrogen-bond acceptors (Lipinski definition) is 5. The molecule has 2 aromatic rings. The van der Waals surface area contributed by atoms with Gasteiger partial charge in [0.25, 0.3) is 10.0 Å². The largest absolute Gasteiger partial charge is 0.484 e. The highest BCUT2D eigenvalue weighted by molar-refractivity contribution is 7.90. The Morgan fingerprint density at radius 2 is 1.90 bits per heavy atom. The minimum absolute atomic E-state index is 0.0401. The van der Waals surface area contributed by atoms with Gasteiger partial charge < -0.3 is 15.0 Å². The molecular formula is C19H18F3N3O4S. The summed E-state index contributed by atoms with van der Waals surface area (Å²) < 4.78 is 69.4. The van der Waals surface area contributed by atoms with E-state index < -0.39 is 28.7 Å². The number of carbonyl (C=O) groups excluding carboxylic acids is 1. The number of benzene rings is 2. The van der Waals surface area contributed by atoms with Gasteiger partial charge in [-0.15, -0.1) is 4.40 Å². The Morgan fingerprint density at radius 1 is 1.17 bits per heavy atom. The lowest BCUT2D eigenvalue weighted by atomic mass is 10.2. The first kappa shape index (κ1) is 21.6. The van der Waals surface area contributed by atoms with Crippen LogP contribution in [0.1, 0.15) is 11.1 Å². The Morgan fingerprint density at radius 3 is 2.63 bits per heavy atom.